The van der Waals surface area contributed by atoms with Gasteiger partial charge in [0.1, 0.15) is 12.4 Å². The zero-order chi connectivity index (χ0) is 20.5. The van der Waals surface area contributed by atoms with Gasteiger partial charge in [0.15, 0.2) is 0 Å². The fourth-order valence-electron chi connectivity index (χ4n) is 3.18. The van der Waals surface area contributed by atoms with Crippen LogP contribution in [0.25, 0.3) is 0 Å². The molecule has 1 amide bonds. The smallest absolute Gasteiger partial charge is 0.216 e. The Balaban J connectivity index is 1.53. The molecule has 1 atom stereocenters. The monoisotopic (exact) mass is 388 g/mol. The predicted octanol–water partition coefficient (Wildman–Crippen LogP) is 5.16. The molecular weight excluding hydrogens is 362 g/mol. The first-order valence-electron chi connectivity index (χ1n) is 9.94. The number of nitrogens with zero attached hydrogens (tertiary/aromatic N) is 1. The van der Waals surface area contributed by atoms with Gasteiger partial charge in [-0.15, -0.1) is 0 Å². The number of hydrogen-bond acceptors (Lipinski definition) is 3. The number of carbonyl (C=O) groups excluding carboxylic acids is 1. The second kappa shape index (κ2) is 10.4. The molecule has 0 aliphatic carbocycles. The Kier molecular flexibility index (Phi) is 7.42. The second-order valence-electron chi connectivity index (χ2n) is 7.07. The van der Waals surface area contributed by atoms with Crippen LogP contribution < -0.4 is 4.74 Å². The maximum absolute atomic E-state index is 12.6. The highest BCUT2D eigenvalue weighted by Crippen LogP contribution is 2.17. The Morgan fingerprint density at radius 2 is 1.45 bits per heavy atom. The molecule has 0 fully saturated rings. The van der Waals surface area contributed by atoms with Crippen molar-refractivity contribution in [1.82, 2.24) is 5.06 Å². The van der Waals surface area contributed by atoms with Gasteiger partial charge in [-0.05, 0) is 41.7 Å². The van der Waals surface area contributed by atoms with E-state index >= 15 is 0 Å². The van der Waals surface area contributed by atoms with E-state index in [1.165, 1.54) is 0 Å². The molecule has 0 aliphatic heterocycles. The number of carbonyl (C=O) groups is 1. The van der Waals surface area contributed by atoms with Crippen molar-refractivity contribution in [3.63, 3.8) is 0 Å². The van der Waals surface area contributed by atoms with Crippen molar-refractivity contribution in [2.45, 2.75) is 38.8 Å². The van der Waals surface area contributed by atoms with Gasteiger partial charge < -0.3 is 15.0 Å². The van der Waals surface area contributed by atoms with E-state index in [0.717, 1.165) is 22.4 Å². The minimum Gasteiger partial charge on any atom is -0.756 e. The molecule has 0 bridgehead atoms. The molecule has 1 unspecified atom stereocenters. The molecule has 4 nitrogen and oxygen atoms in total. The standard InChI is InChI=1S/C25H26NO3/c1-2-23(17-20-9-5-3-6-10-20)26(28)25(27)18-21-13-15-24(16-14-21)29-19-22-11-7-4-8-12-22/h3-16,23H,2,17-19H2,1H3/q-1. The first-order valence-corrected chi connectivity index (χ1v) is 9.94. The molecule has 29 heavy (non-hydrogen) atoms. The zero-order valence-corrected chi connectivity index (χ0v) is 16.7. The normalized spacial score (nSPS) is 11.7. The summed E-state index contributed by atoms with van der Waals surface area (Å²) in [5, 5.41) is 13.2. The van der Waals surface area contributed by atoms with E-state index in [1.54, 1.807) is 0 Å². The van der Waals surface area contributed by atoms with Crippen molar-refractivity contribution in [1.29, 1.82) is 0 Å². The molecule has 0 saturated carbocycles. The van der Waals surface area contributed by atoms with Gasteiger partial charge in [-0.1, -0.05) is 79.7 Å². The van der Waals surface area contributed by atoms with Crippen molar-refractivity contribution >= 4 is 5.91 Å². The summed E-state index contributed by atoms with van der Waals surface area (Å²) in [6.45, 7) is 2.43. The van der Waals surface area contributed by atoms with Crippen molar-refractivity contribution in [3.05, 3.63) is 107 Å². The summed E-state index contributed by atoms with van der Waals surface area (Å²) in [6, 6.07) is 26.7. The number of ether oxygens (including phenoxy) is 1. The summed E-state index contributed by atoms with van der Waals surface area (Å²) in [5.74, 6) is 0.324. The van der Waals surface area contributed by atoms with E-state index in [-0.39, 0.29) is 12.5 Å². The van der Waals surface area contributed by atoms with Crippen LogP contribution in [-0.4, -0.2) is 17.0 Å². The van der Waals surface area contributed by atoms with E-state index in [1.807, 2.05) is 91.9 Å². The Morgan fingerprint density at radius 3 is 2.03 bits per heavy atom. The quantitative estimate of drug-likeness (QED) is 0.476. The topological polar surface area (TPSA) is 52.6 Å². The number of hydroxylamine groups is 2. The van der Waals surface area contributed by atoms with Crippen LogP contribution in [-0.2, 0) is 24.2 Å². The lowest BCUT2D eigenvalue weighted by atomic mass is 10.0. The Hall–Kier alpha value is -3.11. The largest absolute Gasteiger partial charge is 0.756 e. The fourth-order valence-corrected chi connectivity index (χ4v) is 3.18. The molecule has 0 N–H and O–H groups in total. The molecule has 4 heteroatoms. The average molecular weight is 388 g/mol. The lowest BCUT2D eigenvalue weighted by molar-refractivity contribution is -0.129. The van der Waals surface area contributed by atoms with Crippen LogP contribution in [0, 0.1) is 5.21 Å². The van der Waals surface area contributed by atoms with Gasteiger partial charge in [0.05, 0.1) is 6.42 Å². The van der Waals surface area contributed by atoms with Crippen LogP contribution in [0.5, 0.6) is 5.75 Å². The van der Waals surface area contributed by atoms with Gasteiger partial charge in [0, 0.05) is 6.04 Å². The highest BCUT2D eigenvalue weighted by Gasteiger charge is 2.15. The summed E-state index contributed by atoms with van der Waals surface area (Å²) in [5.41, 5.74) is 2.96. The Bertz CT molecular complexity index is 879. The third kappa shape index (κ3) is 6.19. The van der Waals surface area contributed by atoms with Crippen LogP contribution >= 0.6 is 0 Å². The molecule has 150 valence electrons. The maximum Gasteiger partial charge on any atom is 0.216 e. The van der Waals surface area contributed by atoms with E-state index < -0.39 is 5.91 Å². The molecular formula is C25H26NO3-. The molecule has 0 saturated heterocycles. The van der Waals surface area contributed by atoms with Gasteiger partial charge in [-0.25, -0.2) is 0 Å². The second-order valence-corrected chi connectivity index (χ2v) is 7.07. The maximum atomic E-state index is 12.6. The van der Waals surface area contributed by atoms with Crippen molar-refractivity contribution in [2.75, 3.05) is 0 Å². The lowest BCUT2D eigenvalue weighted by Crippen LogP contribution is -2.37. The van der Waals surface area contributed by atoms with E-state index in [4.69, 9.17) is 4.74 Å². The van der Waals surface area contributed by atoms with Crippen molar-refractivity contribution in [2.24, 2.45) is 0 Å². The Morgan fingerprint density at radius 1 is 0.862 bits per heavy atom. The summed E-state index contributed by atoms with van der Waals surface area (Å²) in [6.07, 6.45) is 1.28. The fraction of sp³-hybridized carbons (Fsp3) is 0.240. The SMILES string of the molecule is CCC(Cc1ccccc1)N([O-])C(=O)Cc1ccc(OCc2ccccc2)cc1. The van der Waals surface area contributed by atoms with Gasteiger partial charge in [0.2, 0.25) is 5.91 Å². The van der Waals surface area contributed by atoms with Crippen LogP contribution in [0.3, 0.4) is 0 Å². The van der Waals surface area contributed by atoms with Gasteiger partial charge in [0.25, 0.3) is 0 Å². The van der Waals surface area contributed by atoms with Gasteiger partial charge >= 0.3 is 0 Å². The Labute approximate surface area is 172 Å². The highest BCUT2D eigenvalue weighted by atomic mass is 16.5. The van der Waals surface area contributed by atoms with Gasteiger partial charge in [-0.2, -0.15) is 0 Å². The lowest BCUT2D eigenvalue weighted by Gasteiger charge is -2.37. The summed E-state index contributed by atoms with van der Waals surface area (Å²) in [7, 11) is 0. The van der Waals surface area contributed by atoms with Gasteiger partial charge in [-0.3, -0.25) is 4.79 Å². The minimum atomic E-state index is -0.411. The molecule has 3 rings (SSSR count). The van der Waals surface area contributed by atoms with Crippen LogP contribution in [0.15, 0.2) is 84.9 Å². The molecule has 0 radical (unpaired) electrons. The number of amides is 1. The first kappa shape index (κ1) is 20.6. The highest BCUT2D eigenvalue weighted by molar-refractivity contribution is 5.79. The minimum absolute atomic E-state index is 0.0910. The molecule has 0 spiro atoms. The van der Waals surface area contributed by atoms with E-state index in [9.17, 15) is 10.0 Å². The van der Waals surface area contributed by atoms with Crippen molar-refractivity contribution < 1.29 is 9.53 Å². The number of hydrogen-bond donors (Lipinski definition) is 0. The van der Waals surface area contributed by atoms with Crippen molar-refractivity contribution in [3.8, 4) is 5.75 Å². The third-order valence-corrected chi connectivity index (χ3v) is 4.89. The predicted molar refractivity (Wildman–Crippen MR) is 115 cm³/mol. The van der Waals surface area contributed by atoms with Crippen LogP contribution in [0.1, 0.15) is 30.0 Å². The van der Waals surface area contributed by atoms with Crippen LogP contribution in [0.2, 0.25) is 0 Å². The molecule has 0 heterocycles. The number of benzene rings is 3. The summed E-state index contributed by atoms with van der Waals surface area (Å²) < 4.78 is 5.76. The third-order valence-electron chi connectivity index (χ3n) is 4.89. The van der Waals surface area contributed by atoms with E-state index in [2.05, 4.69) is 0 Å². The van der Waals surface area contributed by atoms with E-state index in [0.29, 0.717) is 24.5 Å². The first-order chi connectivity index (χ1) is 14.2. The molecule has 3 aromatic rings. The summed E-state index contributed by atoms with van der Waals surface area (Å²) in [4.78, 5) is 12.5. The molecule has 3 aromatic carbocycles. The van der Waals surface area contributed by atoms with Crippen LogP contribution in [0.4, 0.5) is 0 Å². The average Bonchev–Trinajstić information content (AvgIpc) is 2.78. The number of rotatable bonds is 9. The molecule has 0 aliphatic rings. The zero-order valence-electron chi connectivity index (χ0n) is 16.7. The summed E-state index contributed by atoms with van der Waals surface area (Å²) >= 11 is 0. The molecule has 0 aromatic heterocycles.